The molecule has 2 heterocycles. The molecule has 1 aliphatic heterocycles. The molecule has 1 N–H and O–H groups in total. The number of aryl methyl sites for hydroxylation is 2. The van der Waals surface area contributed by atoms with Gasteiger partial charge in [-0.05, 0) is 0 Å². The molecule has 0 aromatic carbocycles. The third-order valence-corrected chi connectivity index (χ3v) is 5.43. The van der Waals surface area contributed by atoms with Crippen LogP contribution in [0.3, 0.4) is 0 Å². The zero-order chi connectivity index (χ0) is 15.7. The minimum atomic E-state index is -0.0640. The van der Waals surface area contributed by atoms with E-state index in [1.165, 1.54) is 23.3 Å². The molecule has 1 fully saturated rings. The van der Waals surface area contributed by atoms with Crippen LogP contribution in [0.15, 0.2) is 6.07 Å². The second-order valence-corrected chi connectivity index (χ2v) is 8.42. The van der Waals surface area contributed by atoms with Crippen LogP contribution in [-0.2, 0) is 24.1 Å². The molecular weight excluding hydrogens is 436 g/mol. The van der Waals surface area contributed by atoms with E-state index in [2.05, 4.69) is 36.8 Å². The van der Waals surface area contributed by atoms with E-state index in [-0.39, 0.29) is 24.7 Å². The molecule has 1 saturated heterocycles. The van der Waals surface area contributed by atoms with Crippen LogP contribution in [0.5, 0.6) is 0 Å². The van der Waals surface area contributed by atoms with Gasteiger partial charge in [0.2, 0.25) is 0 Å². The van der Waals surface area contributed by atoms with Gasteiger partial charge in [-0.1, -0.05) is 0 Å². The summed E-state index contributed by atoms with van der Waals surface area (Å²) in [6, 6.07) is 2.07. The van der Waals surface area contributed by atoms with Crippen molar-refractivity contribution >= 4 is 3.90 Å². The molecule has 4 nitrogen and oxygen atoms in total. The van der Waals surface area contributed by atoms with Crippen molar-refractivity contribution in [2.24, 2.45) is 11.8 Å². The normalized spacial score (nSPS) is 30.4. The van der Waals surface area contributed by atoms with E-state index in [1.807, 2.05) is 13.8 Å². The molecule has 21 heavy (non-hydrogen) atoms. The zero-order valence-corrected chi connectivity index (χ0v) is 16.3. The summed E-state index contributed by atoms with van der Waals surface area (Å²) in [7, 11) is 0. The fourth-order valence-electron chi connectivity index (χ4n) is 3.19. The first-order chi connectivity index (χ1) is 9.85. The summed E-state index contributed by atoms with van der Waals surface area (Å²) >= 11 is 1.46. The Morgan fingerprint density at radius 3 is 2.48 bits per heavy atom. The number of hydrogen-bond acceptors (Lipinski definition) is 4. The van der Waals surface area contributed by atoms with Gasteiger partial charge in [0, 0.05) is 0 Å². The van der Waals surface area contributed by atoms with Gasteiger partial charge in [-0.2, -0.15) is 0 Å². The quantitative estimate of drug-likeness (QED) is 0.747. The standard InChI is InChI=1S/C16H24N2O2.W/c1-6-13(14-7-9(2)17-12(5)18-14)16-11(4)10(3)15(8-19)20-16;/h7,10-11,13,15-16,19H,8H2,1-5H3;. The van der Waals surface area contributed by atoms with Gasteiger partial charge >= 0.3 is 138 Å². The van der Waals surface area contributed by atoms with E-state index in [0.717, 1.165) is 17.2 Å². The molecular formula is C16H24N2O2W. The van der Waals surface area contributed by atoms with Crippen molar-refractivity contribution in [3.8, 4) is 0 Å². The van der Waals surface area contributed by atoms with Crippen LogP contribution in [0.4, 0.5) is 0 Å². The fourth-order valence-corrected chi connectivity index (χ4v) is 4.11. The van der Waals surface area contributed by atoms with E-state index < -0.39 is 0 Å². The van der Waals surface area contributed by atoms with Gasteiger partial charge in [0.25, 0.3) is 0 Å². The average molecular weight is 460 g/mol. The Labute approximate surface area is 137 Å². The van der Waals surface area contributed by atoms with Gasteiger partial charge in [0.1, 0.15) is 0 Å². The molecule has 2 rings (SSSR count). The van der Waals surface area contributed by atoms with Crippen LogP contribution in [0.25, 0.3) is 0 Å². The van der Waals surface area contributed by atoms with E-state index in [4.69, 9.17) is 4.74 Å². The zero-order valence-electron chi connectivity index (χ0n) is 13.3. The molecule has 5 unspecified atom stereocenters. The third kappa shape index (κ3) is 3.49. The van der Waals surface area contributed by atoms with Gasteiger partial charge in [-0.15, -0.1) is 0 Å². The van der Waals surface area contributed by atoms with E-state index in [0.29, 0.717) is 11.8 Å². The molecule has 1 aliphatic rings. The summed E-state index contributed by atoms with van der Waals surface area (Å²) in [5, 5.41) is 9.50. The van der Waals surface area contributed by atoms with Crippen molar-refractivity contribution in [3.63, 3.8) is 0 Å². The van der Waals surface area contributed by atoms with Crippen molar-refractivity contribution in [1.82, 2.24) is 9.97 Å². The van der Waals surface area contributed by atoms with Gasteiger partial charge < -0.3 is 0 Å². The second-order valence-electron chi connectivity index (χ2n) is 6.11. The third-order valence-electron chi connectivity index (χ3n) is 4.52. The summed E-state index contributed by atoms with van der Waals surface area (Å²) in [6.45, 7) is 10.6. The molecule has 5 heteroatoms. The van der Waals surface area contributed by atoms with Crippen molar-refractivity contribution in [3.05, 3.63) is 23.3 Å². The average Bonchev–Trinajstić information content (AvgIpc) is 2.65. The van der Waals surface area contributed by atoms with Gasteiger partial charge in [-0.3, -0.25) is 0 Å². The van der Waals surface area contributed by atoms with Crippen LogP contribution in [0, 0.1) is 25.7 Å². The second kappa shape index (κ2) is 6.76. The number of aliphatic hydroxyl groups excluding tert-OH is 1. The molecule has 116 valence electrons. The van der Waals surface area contributed by atoms with Crippen LogP contribution < -0.4 is 0 Å². The molecule has 5 atom stereocenters. The summed E-state index contributed by atoms with van der Waals surface area (Å²) in [5.74, 6) is 1.76. The Hall–Kier alpha value is -0.442. The Kier molecular flexibility index (Phi) is 5.45. The Balaban J connectivity index is 2.38. The topological polar surface area (TPSA) is 55.2 Å². The summed E-state index contributed by atoms with van der Waals surface area (Å²) in [5.41, 5.74) is 2.05. The maximum atomic E-state index is 9.50. The van der Waals surface area contributed by atoms with Crippen molar-refractivity contribution in [2.75, 3.05) is 6.61 Å². The Bertz CT molecular complexity index is 515. The van der Waals surface area contributed by atoms with Crippen LogP contribution in [0.1, 0.15) is 43.9 Å². The molecule has 0 bridgehead atoms. The van der Waals surface area contributed by atoms with E-state index in [9.17, 15) is 5.11 Å². The van der Waals surface area contributed by atoms with Crippen molar-refractivity contribution in [2.45, 2.75) is 52.7 Å². The van der Waals surface area contributed by atoms with E-state index >= 15 is 0 Å². The first kappa shape index (κ1) is 16.9. The first-order valence-corrected chi connectivity index (χ1v) is 8.90. The van der Waals surface area contributed by atoms with E-state index in [1.54, 1.807) is 0 Å². The number of ether oxygens (including phenoxy) is 1. The molecule has 0 radical (unpaired) electrons. The summed E-state index contributed by atoms with van der Waals surface area (Å²) in [4.78, 5) is 9.02. The number of aromatic nitrogens is 2. The van der Waals surface area contributed by atoms with Crippen LogP contribution in [-0.4, -0.2) is 37.8 Å². The molecule has 1 aromatic rings. The number of rotatable bonds is 4. The van der Waals surface area contributed by atoms with Gasteiger partial charge in [0.15, 0.2) is 0 Å². The minimum absolute atomic E-state index is 0.0640. The monoisotopic (exact) mass is 460 g/mol. The van der Waals surface area contributed by atoms with Gasteiger partial charge in [-0.25, -0.2) is 0 Å². The molecule has 0 saturated carbocycles. The molecule has 1 aromatic heterocycles. The number of hydrogen-bond donors (Lipinski definition) is 1. The fraction of sp³-hybridized carbons (Fsp3) is 0.688. The Morgan fingerprint density at radius 2 is 2.00 bits per heavy atom. The molecule has 0 aliphatic carbocycles. The van der Waals surface area contributed by atoms with Crippen LogP contribution in [0.2, 0.25) is 0 Å². The van der Waals surface area contributed by atoms with Crippen molar-refractivity contribution in [1.29, 1.82) is 0 Å². The Morgan fingerprint density at radius 1 is 1.33 bits per heavy atom. The number of aliphatic hydroxyl groups is 1. The number of nitrogens with zero attached hydrogens (tertiary/aromatic N) is 2. The van der Waals surface area contributed by atoms with Crippen molar-refractivity contribution < 1.29 is 29.2 Å². The van der Waals surface area contributed by atoms with Gasteiger partial charge in [0.05, 0.1) is 0 Å². The predicted molar refractivity (Wildman–Crippen MR) is 79.0 cm³/mol. The summed E-state index contributed by atoms with van der Waals surface area (Å²) < 4.78 is 7.55. The predicted octanol–water partition coefficient (Wildman–Crippen LogP) is 1.95. The molecule has 0 spiro atoms. The SMILES string of the molecule is C[C](=[W])C(c1cc(C)nc(C)n1)C1OC(CO)C(C)C1C. The summed E-state index contributed by atoms with van der Waals surface area (Å²) in [6.07, 6.45) is 0.0224. The molecule has 0 amide bonds. The maximum absolute atomic E-state index is 9.50. The first-order valence-electron chi connectivity index (χ1n) is 7.44. The van der Waals surface area contributed by atoms with Crippen LogP contribution >= 0.6 is 0 Å².